The number of aliphatic imine (C=N–C) groups is 1. The van der Waals surface area contributed by atoms with Gasteiger partial charge in [-0.05, 0) is 36.8 Å². The van der Waals surface area contributed by atoms with E-state index in [2.05, 4.69) is 10.3 Å². The molecule has 1 amide bonds. The monoisotopic (exact) mass is 431 g/mol. The highest BCUT2D eigenvalue weighted by Gasteiger charge is 2.73. The second kappa shape index (κ2) is 8.93. The predicted molar refractivity (Wildman–Crippen MR) is 113 cm³/mol. The molecular formula is C21H29N5O5. The number of hydrogen-bond donors (Lipinski definition) is 5. The van der Waals surface area contributed by atoms with Gasteiger partial charge in [-0.25, -0.2) is 0 Å². The van der Waals surface area contributed by atoms with E-state index in [9.17, 15) is 19.5 Å². The van der Waals surface area contributed by atoms with E-state index in [1.54, 1.807) is 4.90 Å². The van der Waals surface area contributed by atoms with E-state index < -0.39 is 29.4 Å². The van der Waals surface area contributed by atoms with E-state index in [1.807, 2.05) is 31.2 Å². The summed E-state index contributed by atoms with van der Waals surface area (Å²) in [5.74, 6) is -1.88. The van der Waals surface area contributed by atoms with Gasteiger partial charge in [0.2, 0.25) is 5.91 Å². The average Bonchev–Trinajstić information content (AvgIpc) is 2.80. The number of piperidine rings is 1. The first-order valence-electron chi connectivity index (χ1n) is 10.4. The van der Waals surface area contributed by atoms with Crippen molar-refractivity contribution in [1.82, 2.24) is 10.2 Å². The van der Waals surface area contributed by atoms with Crippen LogP contribution in [-0.4, -0.2) is 64.1 Å². The smallest absolute Gasteiger partial charge is 0.317 e. The Morgan fingerprint density at radius 2 is 2.00 bits per heavy atom. The van der Waals surface area contributed by atoms with Crippen LogP contribution in [0.3, 0.4) is 0 Å². The molecule has 10 heteroatoms. The molecule has 0 bridgehead atoms. The molecule has 4 atom stereocenters. The summed E-state index contributed by atoms with van der Waals surface area (Å²) in [5, 5.41) is 21.4. The Bertz CT molecular complexity index is 900. The number of hydrogen-bond acceptors (Lipinski definition) is 5. The van der Waals surface area contributed by atoms with E-state index in [0.29, 0.717) is 19.3 Å². The van der Waals surface area contributed by atoms with Gasteiger partial charge in [-0.1, -0.05) is 31.2 Å². The molecule has 10 nitrogen and oxygen atoms in total. The van der Waals surface area contributed by atoms with Crippen molar-refractivity contribution in [2.75, 3.05) is 13.1 Å². The van der Waals surface area contributed by atoms with Crippen molar-refractivity contribution in [3.8, 4) is 0 Å². The number of benzene rings is 1. The molecule has 0 spiro atoms. The van der Waals surface area contributed by atoms with Crippen LogP contribution in [0.1, 0.15) is 43.4 Å². The fourth-order valence-electron chi connectivity index (χ4n) is 4.80. The first-order chi connectivity index (χ1) is 14.7. The minimum Gasteiger partial charge on any atom is -0.481 e. The number of fused-ring (bicyclic) bond motifs is 6. The SMILES string of the molecule is CCCN=C(N)N.O=C(O)CN[C@H]1Cc2ccccc2C2N(C1=O)C1CCC12C(=O)O. The quantitative estimate of drug-likeness (QED) is 0.311. The highest BCUT2D eigenvalue weighted by Crippen LogP contribution is 2.66. The molecule has 1 aliphatic carbocycles. The van der Waals surface area contributed by atoms with Gasteiger partial charge in [0.05, 0.1) is 24.7 Å². The second-order valence-corrected chi connectivity index (χ2v) is 8.08. The number of nitrogens with zero attached hydrogens (tertiary/aromatic N) is 2. The summed E-state index contributed by atoms with van der Waals surface area (Å²) in [5.41, 5.74) is 10.9. The predicted octanol–water partition coefficient (Wildman–Crippen LogP) is 0.0720. The molecule has 0 aromatic heterocycles. The second-order valence-electron chi connectivity index (χ2n) is 8.08. The number of carboxylic acid groups (broad SMARTS) is 2. The van der Waals surface area contributed by atoms with Gasteiger partial charge in [0.25, 0.3) is 0 Å². The van der Waals surface area contributed by atoms with Crippen molar-refractivity contribution in [1.29, 1.82) is 0 Å². The van der Waals surface area contributed by atoms with Gasteiger partial charge in [0.15, 0.2) is 5.96 Å². The zero-order valence-electron chi connectivity index (χ0n) is 17.5. The molecule has 1 aromatic carbocycles. The summed E-state index contributed by atoms with van der Waals surface area (Å²) in [4.78, 5) is 41.1. The molecule has 4 rings (SSSR count). The van der Waals surface area contributed by atoms with E-state index in [4.69, 9.17) is 16.6 Å². The van der Waals surface area contributed by atoms with Crippen molar-refractivity contribution in [2.24, 2.45) is 21.9 Å². The molecule has 31 heavy (non-hydrogen) atoms. The number of guanidine groups is 1. The molecule has 1 aromatic rings. The Kier molecular flexibility index (Phi) is 6.49. The Balaban J connectivity index is 0.000000339. The van der Waals surface area contributed by atoms with Crippen LogP contribution in [0.5, 0.6) is 0 Å². The number of carboxylic acids is 2. The maximum atomic E-state index is 12.9. The first-order valence-corrected chi connectivity index (χ1v) is 10.4. The van der Waals surface area contributed by atoms with Crippen LogP contribution in [-0.2, 0) is 20.8 Å². The van der Waals surface area contributed by atoms with Gasteiger partial charge in [-0.15, -0.1) is 0 Å². The number of nitrogens with two attached hydrogens (primary N) is 2. The van der Waals surface area contributed by atoms with Gasteiger partial charge in [0, 0.05) is 6.54 Å². The van der Waals surface area contributed by atoms with Crippen molar-refractivity contribution in [3.63, 3.8) is 0 Å². The van der Waals surface area contributed by atoms with Crippen molar-refractivity contribution in [2.45, 2.75) is 50.7 Å². The first kappa shape index (κ1) is 22.5. The molecule has 3 unspecified atom stereocenters. The van der Waals surface area contributed by atoms with Crippen molar-refractivity contribution < 1.29 is 24.6 Å². The minimum atomic E-state index is -1.02. The number of rotatable bonds is 6. The largest absolute Gasteiger partial charge is 0.481 e. The Morgan fingerprint density at radius 1 is 1.29 bits per heavy atom. The third kappa shape index (κ3) is 3.95. The van der Waals surface area contributed by atoms with Gasteiger partial charge in [-0.3, -0.25) is 24.7 Å². The lowest BCUT2D eigenvalue weighted by Crippen LogP contribution is -2.77. The number of aliphatic carboxylic acids is 2. The normalized spacial score (nSPS) is 27.6. The van der Waals surface area contributed by atoms with Gasteiger partial charge >= 0.3 is 11.9 Å². The summed E-state index contributed by atoms with van der Waals surface area (Å²) >= 11 is 0. The third-order valence-electron chi connectivity index (χ3n) is 6.27. The maximum absolute atomic E-state index is 12.9. The number of nitrogens with one attached hydrogen (secondary N) is 1. The number of amides is 1. The summed E-state index contributed by atoms with van der Waals surface area (Å²) in [7, 11) is 0. The summed E-state index contributed by atoms with van der Waals surface area (Å²) < 4.78 is 0. The van der Waals surface area contributed by atoms with Crippen LogP contribution in [0.2, 0.25) is 0 Å². The maximum Gasteiger partial charge on any atom is 0.317 e. The molecule has 3 aliphatic rings. The zero-order valence-corrected chi connectivity index (χ0v) is 17.5. The molecule has 1 saturated carbocycles. The Labute approximate surface area is 180 Å². The van der Waals surface area contributed by atoms with Crippen LogP contribution in [0.15, 0.2) is 29.3 Å². The molecule has 7 N–H and O–H groups in total. The van der Waals surface area contributed by atoms with Crippen molar-refractivity contribution >= 4 is 23.8 Å². The van der Waals surface area contributed by atoms with Crippen LogP contribution < -0.4 is 16.8 Å². The highest BCUT2D eigenvalue weighted by molar-refractivity contribution is 5.91. The van der Waals surface area contributed by atoms with Crippen LogP contribution >= 0.6 is 0 Å². The standard InChI is InChI=1S/C17H18N2O5.C4H11N3/c20-13(21)8-18-11-7-9-3-1-2-4-10(9)14-17(16(23)24)6-5-12(17)19(14)15(11)22;1-2-3-7-4(5)6/h1-4,11-12,14,18H,5-8H2,(H,20,21)(H,23,24);2-3H2,1H3,(H4,5,6,7)/t11-,12?,14?,17?;/m0./s1. The highest BCUT2D eigenvalue weighted by atomic mass is 16.4. The van der Waals surface area contributed by atoms with E-state index in [-0.39, 0.29) is 24.5 Å². The Morgan fingerprint density at radius 3 is 2.52 bits per heavy atom. The van der Waals surface area contributed by atoms with Crippen molar-refractivity contribution in [3.05, 3.63) is 35.4 Å². The Hall–Kier alpha value is -3.14. The fourth-order valence-corrected chi connectivity index (χ4v) is 4.80. The molecule has 2 fully saturated rings. The lowest BCUT2D eigenvalue weighted by atomic mass is 9.50. The van der Waals surface area contributed by atoms with E-state index >= 15 is 0 Å². The topological polar surface area (TPSA) is 171 Å². The summed E-state index contributed by atoms with van der Waals surface area (Å²) in [6.07, 6.45) is 2.63. The minimum absolute atomic E-state index is 0.182. The average molecular weight is 431 g/mol. The zero-order chi connectivity index (χ0) is 22.8. The van der Waals surface area contributed by atoms with Gasteiger partial charge < -0.3 is 26.6 Å². The molecule has 0 radical (unpaired) electrons. The lowest BCUT2D eigenvalue weighted by Gasteiger charge is -2.67. The fraction of sp³-hybridized carbons (Fsp3) is 0.524. The number of carbonyl (C=O) groups is 3. The molecule has 2 heterocycles. The number of carbonyl (C=O) groups excluding carboxylic acids is 1. The van der Waals surface area contributed by atoms with Gasteiger partial charge in [-0.2, -0.15) is 0 Å². The van der Waals surface area contributed by atoms with Gasteiger partial charge in [0.1, 0.15) is 5.41 Å². The molecule has 1 saturated heterocycles. The molecule has 2 aliphatic heterocycles. The van der Waals surface area contributed by atoms with Crippen LogP contribution in [0.25, 0.3) is 0 Å². The molecule has 168 valence electrons. The van der Waals surface area contributed by atoms with Crippen LogP contribution in [0.4, 0.5) is 0 Å². The summed E-state index contributed by atoms with van der Waals surface area (Å²) in [6.45, 7) is 2.46. The lowest BCUT2D eigenvalue weighted by molar-refractivity contribution is -0.224. The third-order valence-corrected chi connectivity index (χ3v) is 6.27. The van der Waals surface area contributed by atoms with E-state index in [0.717, 1.165) is 24.1 Å². The molecular weight excluding hydrogens is 402 g/mol. The van der Waals surface area contributed by atoms with E-state index in [1.165, 1.54) is 0 Å². The van der Waals surface area contributed by atoms with Crippen LogP contribution in [0, 0.1) is 5.41 Å². The summed E-state index contributed by atoms with van der Waals surface area (Å²) in [6, 6.07) is 6.12.